The predicted octanol–water partition coefficient (Wildman–Crippen LogP) is 1.88. The van der Waals surface area contributed by atoms with E-state index in [1.54, 1.807) is 0 Å². The van der Waals surface area contributed by atoms with Gasteiger partial charge in [0.25, 0.3) is 0 Å². The van der Waals surface area contributed by atoms with E-state index >= 15 is 0 Å². The maximum Gasteiger partial charge on any atom is 0.0920 e. The van der Waals surface area contributed by atoms with Crippen molar-refractivity contribution in [3.05, 3.63) is 11.6 Å². The van der Waals surface area contributed by atoms with Crippen LogP contribution in [0.3, 0.4) is 0 Å². The molecule has 1 saturated carbocycles. The van der Waals surface area contributed by atoms with Gasteiger partial charge in [0, 0.05) is 0 Å². The molecular formula is C11H18O2. The van der Waals surface area contributed by atoms with Gasteiger partial charge in [-0.2, -0.15) is 0 Å². The quantitative estimate of drug-likeness (QED) is 0.522. The SMILES string of the molecule is C/C(=C\CO)[C@H]1CC[C@@]2(C)O[C@H]2C1. The molecule has 13 heavy (non-hydrogen) atoms. The smallest absolute Gasteiger partial charge is 0.0920 e. The Kier molecular flexibility index (Phi) is 2.20. The summed E-state index contributed by atoms with van der Waals surface area (Å²) >= 11 is 0. The van der Waals surface area contributed by atoms with Crippen LogP contribution in [0.25, 0.3) is 0 Å². The lowest BCUT2D eigenvalue weighted by molar-refractivity contribution is 0.303. The van der Waals surface area contributed by atoms with Crippen LogP contribution >= 0.6 is 0 Å². The highest BCUT2D eigenvalue weighted by molar-refractivity contribution is 5.12. The summed E-state index contributed by atoms with van der Waals surface area (Å²) in [6.07, 6.45) is 5.97. The summed E-state index contributed by atoms with van der Waals surface area (Å²) in [6.45, 7) is 4.50. The topological polar surface area (TPSA) is 32.8 Å². The van der Waals surface area contributed by atoms with Gasteiger partial charge in [-0.3, -0.25) is 0 Å². The van der Waals surface area contributed by atoms with Crippen molar-refractivity contribution in [3.63, 3.8) is 0 Å². The first kappa shape index (κ1) is 9.22. The van der Waals surface area contributed by atoms with Crippen molar-refractivity contribution in [3.8, 4) is 0 Å². The van der Waals surface area contributed by atoms with E-state index in [0.717, 1.165) is 6.42 Å². The average molecular weight is 182 g/mol. The Hall–Kier alpha value is -0.340. The van der Waals surface area contributed by atoms with Crippen LogP contribution in [-0.4, -0.2) is 23.4 Å². The van der Waals surface area contributed by atoms with Crippen LogP contribution in [0.2, 0.25) is 0 Å². The molecule has 0 amide bonds. The molecule has 2 heteroatoms. The number of epoxide rings is 1. The van der Waals surface area contributed by atoms with E-state index in [9.17, 15) is 0 Å². The standard InChI is InChI=1S/C11H18O2/c1-8(4-6-12)9-3-5-11(2)10(7-9)13-11/h4,9-10,12H,3,5-7H2,1-2H3/b8-4+/t9-,10-,11+/m0/s1. The third-order valence-corrected chi connectivity index (χ3v) is 3.58. The van der Waals surface area contributed by atoms with Crippen molar-refractivity contribution in [1.29, 1.82) is 0 Å². The van der Waals surface area contributed by atoms with Crippen LogP contribution < -0.4 is 0 Å². The minimum Gasteiger partial charge on any atom is -0.392 e. The van der Waals surface area contributed by atoms with Crippen molar-refractivity contribution in [2.45, 2.75) is 44.8 Å². The van der Waals surface area contributed by atoms with Gasteiger partial charge in [0.15, 0.2) is 0 Å². The molecule has 1 aliphatic heterocycles. The third kappa shape index (κ3) is 1.65. The second-order valence-corrected chi connectivity index (χ2v) is 4.52. The van der Waals surface area contributed by atoms with Gasteiger partial charge in [-0.05, 0) is 39.0 Å². The van der Waals surface area contributed by atoms with Gasteiger partial charge in [-0.25, -0.2) is 0 Å². The summed E-state index contributed by atoms with van der Waals surface area (Å²) < 4.78 is 5.63. The molecule has 0 unspecified atom stereocenters. The van der Waals surface area contributed by atoms with Crippen LogP contribution in [0.4, 0.5) is 0 Å². The number of fused-ring (bicyclic) bond motifs is 1. The number of ether oxygens (including phenoxy) is 1. The number of hydrogen-bond acceptors (Lipinski definition) is 2. The molecule has 0 spiro atoms. The molecule has 0 aromatic heterocycles. The first-order chi connectivity index (χ1) is 6.15. The molecule has 2 aliphatic rings. The van der Waals surface area contributed by atoms with Crippen molar-refractivity contribution in [2.75, 3.05) is 6.61 Å². The van der Waals surface area contributed by atoms with Gasteiger partial charge >= 0.3 is 0 Å². The van der Waals surface area contributed by atoms with Gasteiger partial charge < -0.3 is 9.84 Å². The Labute approximate surface area is 79.6 Å². The van der Waals surface area contributed by atoms with Crippen LogP contribution in [0.1, 0.15) is 33.1 Å². The highest BCUT2D eigenvalue weighted by atomic mass is 16.6. The van der Waals surface area contributed by atoms with E-state index in [1.165, 1.54) is 18.4 Å². The summed E-state index contributed by atoms with van der Waals surface area (Å²) in [4.78, 5) is 0. The zero-order valence-electron chi connectivity index (χ0n) is 8.42. The second-order valence-electron chi connectivity index (χ2n) is 4.52. The summed E-state index contributed by atoms with van der Waals surface area (Å²) in [5.41, 5.74) is 1.55. The van der Waals surface area contributed by atoms with E-state index in [0.29, 0.717) is 12.0 Å². The van der Waals surface area contributed by atoms with Crippen LogP contribution in [0.5, 0.6) is 0 Å². The highest BCUT2D eigenvalue weighted by Crippen LogP contribution is 2.50. The molecule has 1 heterocycles. The Morgan fingerprint density at radius 2 is 2.46 bits per heavy atom. The molecule has 2 fully saturated rings. The first-order valence-corrected chi connectivity index (χ1v) is 5.11. The summed E-state index contributed by atoms with van der Waals surface area (Å²) in [6, 6.07) is 0. The molecule has 1 N–H and O–H groups in total. The van der Waals surface area contributed by atoms with Crippen LogP contribution in [-0.2, 0) is 4.74 Å². The number of allylic oxidation sites excluding steroid dienone is 1. The Balaban J connectivity index is 1.94. The molecular weight excluding hydrogens is 164 g/mol. The number of hydrogen-bond donors (Lipinski definition) is 1. The monoisotopic (exact) mass is 182 g/mol. The van der Waals surface area contributed by atoms with E-state index in [4.69, 9.17) is 9.84 Å². The Bertz CT molecular complexity index is 234. The predicted molar refractivity (Wildman–Crippen MR) is 51.5 cm³/mol. The minimum absolute atomic E-state index is 0.172. The number of aliphatic hydroxyl groups excluding tert-OH is 1. The first-order valence-electron chi connectivity index (χ1n) is 5.11. The van der Waals surface area contributed by atoms with E-state index in [1.807, 2.05) is 6.08 Å². The average Bonchev–Trinajstić information content (AvgIpc) is 2.75. The molecule has 2 nitrogen and oxygen atoms in total. The number of rotatable bonds is 2. The molecule has 0 bridgehead atoms. The van der Waals surface area contributed by atoms with E-state index in [2.05, 4.69) is 13.8 Å². The fourth-order valence-electron chi connectivity index (χ4n) is 2.37. The number of aliphatic hydroxyl groups is 1. The van der Waals surface area contributed by atoms with Gasteiger partial charge in [0.05, 0.1) is 18.3 Å². The van der Waals surface area contributed by atoms with Crippen molar-refractivity contribution in [1.82, 2.24) is 0 Å². The fourth-order valence-corrected chi connectivity index (χ4v) is 2.37. The van der Waals surface area contributed by atoms with Gasteiger partial charge in [0.2, 0.25) is 0 Å². The molecule has 0 radical (unpaired) electrons. The second kappa shape index (κ2) is 3.10. The molecule has 74 valence electrons. The normalized spacial score (nSPS) is 44.4. The van der Waals surface area contributed by atoms with Crippen molar-refractivity contribution >= 4 is 0 Å². The summed E-state index contributed by atoms with van der Waals surface area (Å²) in [5.74, 6) is 0.646. The highest BCUT2D eigenvalue weighted by Gasteiger charge is 2.55. The molecule has 2 rings (SSSR count). The summed E-state index contributed by atoms with van der Waals surface area (Å²) in [7, 11) is 0. The van der Waals surface area contributed by atoms with Gasteiger partial charge in [-0.1, -0.05) is 11.6 Å². The van der Waals surface area contributed by atoms with E-state index < -0.39 is 0 Å². The van der Waals surface area contributed by atoms with Crippen molar-refractivity contribution < 1.29 is 9.84 Å². The maximum atomic E-state index is 8.79. The molecule has 3 atom stereocenters. The van der Waals surface area contributed by atoms with E-state index in [-0.39, 0.29) is 12.2 Å². The Morgan fingerprint density at radius 1 is 1.69 bits per heavy atom. The lowest BCUT2D eigenvalue weighted by Gasteiger charge is -2.23. The van der Waals surface area contributed by atoms with Gasteiger partial charge in [0.1, 0.15) is 0 Å². The molecule has 1 aliphatic carbocycles. The maximum absolute atomic E-state index is 8.79. The molecule has 0 aromatic carbocycles. The zero-order valence-corrected chi connectivity index (χ0v) is 8.42. The lowest BCUT2D eigenvalue weighted by Crippen LogP contribution is -2.21. The van der Waals surface area contributed by atoms with Crippen LogP contribution in [0.15, 0.2) is 11.6 Å². The third-order valence-electron chi connectivity index (χ3n) is 3.58. The fraction of sp³-hybridized carbons (Fsp3) is 0.818. The minimum atomic E-state index is 0.172. The Morgan fingerprint density at radius 3 is 3.08 bits per heavy atom. The molecule has 1 saturated heterocycles. The molecule has 0 aromatic rings. The van der Waals surface area contributed by atoms with Crippen molar-refractivity contribution in [2.24, 2.45) is 5.92 Å². The van der Waals surface area contributed by atoms with Gasteiger partial charge in [-0.15, -0.1) is 0 Å². The van der Waals surface area contributed by atoms with Crippen LogP contribution in [0, 0.1) is 5.92 Å². The zero-order chi connectivity index (χ0) is 9.47. The summed E-state index contributed by atoms with van der Waals surface area (Å²) in [5, 5.41) is 8.79. The largest absolute Gasteiger partial charge is 0.392 e. The lowest BCUT2D eigenvalue weighted by atomic mass is 9.79.